The highest BCUT2D eigenvalue weighted by molar-refractivity contribution is 6.04. The van der Waals surface area contributed by atoms with Crippen LogP contribution in [-0.2, 0) is 0 Å². The van der Waals surface area contributed by atoms with Gasteiger partial charge < -0.3 is 16.4 Å². The summed E-state index contributed by atoms with van der Waals surface area (Å²) in [6.45, 7) is 5.98. The number of anilines is 2. The van der Waals surface area contributed by atoms with E-state index in [4.69, 9.17) is 5.73 Å². The molecule has 4 N–H and O–H groups in total. The van der Waals surface area contributed by atoms with Gasteiger partial charge in [0.25, 0.3) is 11.8 Å². The lowest BCUT2D eigenvalue weighted by atomic mass is 10.0. The number of carbonyl (C=O) groups excluding carboxylic acids is 2. The topological polar surface area (TPSA) is 84.2 Å². The predicted octanol–water partition coefficient (Wildman–Crippen LogP) is 3.44. The molecular weight excluding hydrogens is 302 g/mol. The Bertz CT molecular complexity index is 719. The van der Waals surface area contributed by atoms with Crippen molar-refractivity contribution in [2.75, 3.05) is 11.1 Å². The van der Waals surface area contributed by atoms with Crippen LogP contribution in [0.5, 0.6) is 0 Å². The molecule has 0 aliphatic carbocycles. The first-order valence-electron chi connectivity index (χ1n) is 7.90. The molecule has 0 aliphatic heterocycles. The maximum Gasteiger partial charge on any atom is 0.255 e. The highest BCUT2D eigenvalue weighted by Gasteiger charge is 2.18. The van der Waals surface area contributed by atoms with Crippen LogP contribution in [0.15, 0.2) is 48.5 Å². The van der Waals surface area contributed by atoms with Crippen LogP contribution >= 0.6 is 0 Å². The molecule has 0 heterocycles. The monoisotopic (exact) mass is 325 g/mol. The molecule has 126 valence electrons. The lowest BCUT2D eigenvalue weighted by Crippen LogP contribution is -2.42. The van der Waals surface area contributed by atoms with Crippen LogP contribution < -0.4 is 16.4 Å². The average Bonchev–Trinajstić information content (AvgIpc) is 2.55. The Kier molecular flexibility index (Phi) is 5.24. The maximum atomic E-state index is 12.2. The van der Waals surface area contributed by atoms with E-state index in [9.17, 15) is 9.59 Å². The zero-order valence-electron chi connectivity index (χ0n) is 14.2. The number of nitrogen functional groups attached to an aromatic ring is 1. The molecule has 0 radical (unpaired) electrons. The smallest absolute Gasteiger partial charge is 0.255 e. The third kappa shape index (κ3) is 4.59. The molecule has 0 fully saturated rings. The standard InChI is InChI=1S/C19H23N3O2/c1-4-19(2,3)22-18(24)14-7-11-16(12-8-14)21-17(23)13-5-9-15(20)10-6-13/h5-12H,4,20H2,1-3H3,(H,21,23)(H,22,24). The van der Waals surface area contributed by atoms with Crippen molar-refractivity contribution in [2.45, 2.75) is 32.7 Å². The second-order valence-corrected chi connectivity index (χ2v) is 6.35. The van der Waals surface area contributed by atoms with Gasteiger partial charge in [-0.1, -0.05) is 6.92 Å². The minimum atomic E-state index is -0.251. The Morgan fingerprint density at radius 2 is 1.42 bits per heavy atom. The van der Waals surface area contributed by atoms with Gasteiger partial charge in [-0.2, -0.15) is 0 Å². The number of nitrogens with one attached hydrogen (secondary N) is 2. The van der Waals surface area contributed by atoms with Crippen molar-refractivity contribution in [3.8, 4) is 0 Å². The van der Waals surface area contributed by atoms with Gasteiger partial charge in [0, 0.05) is 28.0 Å². The van der Waals surface area contributed by atoms with Crippen LogP contribution in [0.4, 0.5) is 11.4 Å². The zero-order chi connectivity index (χ0) is 17.7. The van der Waals surface area contributed by atoms with Gasteiger partial charge in [-0.25, -0.2) is 0 Å². The molecule has 0 saturated carbocycles. The van der Waals surface area contributed by atoms with Crippen molar-refractivity contribution in [2.24, 2.45) is 0 Å². The highest BCUT2D eigenvalue weighted by atomic mass is 16.2. The summed E-state index contributed by atoms with van der Waals surface area (Å²) in [5.41, 5.74) is 7.68. The molecule has 2 aromatic carbocycles. The van der Waals surface area contributed by atoms with E-state index in [1.54, 1.807) is 48.5 Å². The Hall–Kier alpha value is -2.82. The molecule has 0 spiro atoms. The maximum absolute atomic E-state index is 12.2. The Morgan fingerprint density at radius 1 is 0.917 bits per heavy atom. The fourth-order valence-electron chi connectivity index (χ4n) is 2.01. The molecule has 24 heavy (non-hydrogen) atoms. The van der Waals surface area contributed by atoms with Gasteiger partial charge in [0.15, 0.2) is 0 Å². The largest absolute Gasteiger partial charge is 0.399 e. The van der Waals surface area contributed by atoms with E-state index in [2.05, 4.69) is 10.6 Å². The van der Waals surface area contributed by atoms with Crippen LogP contribution in [0.2, 0.25) is 0 Å². The fourth-order valence-corrected chi connectivity index (χ4v) is 2.01. The number of nitrogens with two attached hydrogens (primary N) is 1. The third-order valence-electron chi connectivity index (χ3n) is 3.91. The normalized spacial score (nSPS) is 11.0. The van der Waals surface area contributed by atoms with Crippen molar-refractivity contribution >= 4 is 23.2 Å². The number of hydrogen-bond acceptors (Lipinski definition) is 3. The summed E-state index contributed by atoms with van der Waals surface area (Å²) < 4.78 is 0. The van der Waals surface area contributed by atoms with Crippen LogP contribution in [0.1, 0.15) is 47.9 Å². The van der Waals surface area contributed by atoms with Crippen LogP contribution in [0.25, 0.3) is 0 Å². The first kappa shape index (κ1) is 17.5. The van der Waals surface area contributed by atoms with E-state index in [1.807, 2.05) is 20.8 Å². The number of hydrogen-bond donors (Lipinski definition) is 3. The van der Waals surface area contributed by atoms with Gasteiger partial charge in [0.1, 0.15) is 0 Å². The number of rotatable bonds is 5. The summed E-state index contributed by atoms with van der Waals surface area (Å²) >= 11 is 0. The first-order valence-corrected chi connectivity index (χ1v) is 7.90. The molecule has 0 atom stereocenters. The number of benzene rings is 2. The van der Waals surface area contributed by atoms with E-state index in [0.717, 1.165) is 6.42 Å². The van der Waals surface area contributed by atoms with E-state index in [0.29, 0.717) is 22.5 Å². The average molecular weight is 325 g/mol. The van der Waals surface area contributed by atoms with Crippen molar-refractivity contribution in [3.05, 3.63) is 59.7 Å². The van der Waals surface area contributed by atoms with Crippen molar-refractivity contribution in [3.63, 3.8) is 0 Å². The minimum Gasteiger partial charge on any atom is -0.399 e. The summed E-state index contributed by atoms with van der Waals surface area (Å²) in [6, 6.07) is 13.5. The second-order valence-electron chi connectivity index (χ2n) is 6.35. The summed E-state index contributed by atoms with van der Waals surface area (Å²) in [5.74, 6) is -0.349. The van der Waals surface area contributed by atoms with Gasteiger partial charge in [-0.05, 0) is 68.8 Å². The quantitative estimate of drug-likeness (QED) is 0.736. The van der Waals surface area contributed by atoms with Gasteiger partial charge in [0.05, 0.1) is 0 Å². The van der Waals surface area contributed by atoms with Crippen molar-refractivity contribution < 1.29 is 9.59 Å². The van der Waals surface area contributed by atoms with Gasteiger partial charge in [0.2, 0.25) is 0 Å². The molecule has 5 nitrogen and oxygen atoms in total. The molecule has 0 saturated heterocycles. The second kappa shape index (κ2) is 7.17. The molecular formula is C19H23N3O2. The molecule has 2 rings (SSSR count). The van der Waals surface area contributed by atoms with E-state index >= 15 is 0 Å². The van der Waals surface area contributed by atoms with Crippen LogP contribution in [0, 0.1) is 0 Å². The summed E-state index contributed by atoms with van der Waals surface area (Å²) in [5, 5.41) is 5.77. The Balaban J connectivity index is 2.03. The van der Waals surface area contributed by atoms with Crippen molar-refractivity contribution in [1.82, 2.24) is 5.32 Å². The lowest BCUT2D eigenvalue weighted by Gasteiger charge is -2.24. The van der Waals surface area contributed by atoms with Gasteiger partial charge in [-0.15, -0.1) is 0 Å². The van der Waals surface area contributed by atoms with Crippen LogP contribution in [-0.4, -0.2) is 17.4 Å². The molecule has 0 aliphatic rings. The molecule has 0 aromatic heterocycles. The predicted molar refractivity (Wildman–Crippen MR) is 97.1 cm³/mol. The van der Waals surface area contributed by atoms with E-state index in [-0.39, 0.29) is 17.4 Å². The van der Waals surface area contributed by atoms with Crippen LogP contribution in [0.3, 0.4) is 0 Å². The van der Waals surface area contributed by atoms with E-state index in [1.165, 1.54) is 0 Å². The van der Waals surface area contributed by atoms with E-state index < -0.39 is 0 Å². The summed E-state index contributed by atoms with van der Waals surface area (Å²) in [4.78, 5) is 24.3. The fraction of sp³-hybridized carbons (Fsp3) is 0.263. The van der Waals surface area contributed by atoms with Gasteiger partial charge in [-0.3, -0.25) is 9.59 Å². The zero-order valence-corrected chi connectivity index (χ0v) is 14.2. The molecule has 0 bridgehead atoms. The molecule has 2 aromatic rings. The summed E-state index contributed by atoms with van der Waals surface area (Å²) in [6.07, 6.45) is 0.842. The van der Waals surface area contributed by atoms with Gasteiger partial charge >= 0.3 is 0 Å². The minimum absolute atomic E-state index is 0.127. The Morgan fingerprint density at radius 3 is 1.96 bits per heavy atom. The first-order chi connectivity index (χ1) is 11.3. The number of carbonyl (C=O) groups is 2. The molecule has 5 heteroatoms. The lowest BCUT2D eigenvalue weighted by molar-refractivity contribution is 0.0911. The SMILES string of the molecule is CCC(C)(C)NC(=O)c1ccc(NC(=O)c2ccc(N)cc2)cc1. The van der Waals surface area contributed by atoms with Crippen molar-refractivity contribution in [1.29, 1.82) is 0 Å². The Labute approximate surface area is 142 Å². The highest BCUT2D eigenvalue weighted by Crippen LogP contribution is 2.14. The molecule has 0 unspecified atom stereocenters. The summed E-state index contributed by atoms with van der Waals surface area (Å²) in [7, 11) is 0. The third-order valence-corrected chi connectivity index (χ3v) is 3.91. The number of amides is 2. The molecule has 2 amide bonds.